The lowest BCUT2D eigenvalue weighted by Gasteiger charge is -2.34. The van der Waals surface area contributed by atoms with Crippen molar-refractivity contribution in [1.82, 2.24) is 9.80 Å². The first kappa shape index (κ1) is 15.3. The molecule has 1 aromatic rings. The van der Waals surface area contributed by atoms with E-state index in [0.717, 1.165) is 4.47 Å². The third kappa shape index (κ3) is 3.71. The van der Waals surface area contributed by atoms with Crippen molar-refractivity contribution in [3.8, 4) is 0 Å². The van der Waals surface area contributed by atoms with Gasteiger partial charge in [0.2, 0.25) is 0 Å². The van der Waals surface area contributed by atoms with Gasteiger partial charge in [-0.1, -0.05) is 27.5 Å². The molecule has 1 heterocycles. The van der Waals surface area contributed by atoms with E-state index in [-0.39, 0.29) is 12.5 Å². The number of hydrogen-bond acceptors (Lipinski definition) is 3. The van der Waals surface area contributed by atoms with Crippen molar-refractivity contribution < 1.29 is 14.7 Å². The van der Waals surface area contributed by atoms with E-state index in [1.807, 2.05) is 4.90 Å². The van der Waals surface area contributed by atoms with Crippen molar-refractivity contribution in [3.05, 3.63) is 33.3 Å². The number of rotatable bonds is 3. The van der Waals surface area contributed by atoms with Crippen LogP contribution in [-0.2, 0) is 4.79 Å². The van der Waals surface area contributed by atoms with Crippen LogP contribution in [0.15, 0.2) is 22.7 Å². The Morgan fingerprint density at radius 3 is 2.50 bits per heavy atom. The maximum absolute atomic E-state index is 12.4. The molecule has 1 amide bonds. The number of hydrogen-bond donors (Lipinski definition) is 1. The van der Waals surface area contributed by atoms with Crippen LogP contribution in [0.5, 0.6) is 0 Å². The van der Waals surface area contributed by atoms with Crippen LogP contribution in [0, 0.1) is 0 Å². The molecule has 1 aliphatic heterocycles. The van der Waals surface area contributed by atoms with E-state index in [2.05, 4.69) is 15.9 Å². The van der Waals surface area contributed by atoms with Gasteiger partial charge in [0.15, 0.2) is 0 Å². The Kier molecular flexibility index (Phi) is 5.01. The van der Waals surface area contributed by atoms with Crippen LogP contribution in [0.2, 0.25) is 5.02 Å². The van der Waals surface area contributed by atoms with Gasteiger partial charge in [0.05, 0.1) is 17.1 Å². The molecular weight excluding hydrogens is 348 g/mol. The van der Waals surface area contributed by atoms with Crippen molar-refractivity contribution in [2.24, 2.45) is 0 Å². The zero-order valence-electron chi connectivity index (χ0n) is 10.7. The highest BCUT2D eigenvalue weighted by atomic mass is 79.9. The highest BCUT2D eigenvalue weighted by Crippen LogP contribution is 2.22. The Balaban J connectivity index is 2.01. The summed E-state index contributed by atoms with van der Waals surface area (Å²) in [6.45, 7) is 2.15. The molecule has 0 unspecified atom stereocenters. The van der Waals surface area contributed by atoms with E-state index in [1.54, 1.807) is 23.1 Å². The van der Waals surface area contributed by atoms with Crippen LogP contribution in [0.4, 0.5) is 0 Å². The third-order valence-corrected chi connectivity index (χ3v) is 4.00. The smallest absolute Gasteiger partial charge is 0.317 e. The summed E-state index contributed by atoms with van der Waals surface area (Å²) in [5.74, 6) is -0.967. The van der Waals surface area contributed by atoms with Crippen LogP contribution in [-0.4, -0.2) is 59.5 Å². The average Bonchev–Trinajstić information content (AvgIpc) is 2.41. The lowest BCUT2D eigenvalue weighted by atomic mass is 10.2. The number of aliphatic carboxylic acids is 1. The number of amides is 1. The van der Waals surface area contributed by atoms with Crippen LogP contribution in [0.3, 0.4) is 0 Å². The normalized spacial score (nSPS) is 16.2. The van der Waals surface area contributed by atoms with Crippen molar-refractivity contribution in [1.29, 1.82) is 0 Å². The number of benzene rings is 1. The molecule has 0 atom stereocenters. The number of carboxylic acid groups (broad SMARTS) is 1. The second-order valence-corrected chi connectivity index (χ2v) is 5.91. The molecule has 0 saturated carbocycles. The number of nitrogens with zero attached hydrogens (tertiary/aromatic N) is 2. The predicted molar refractivity (Wildman–Crippen MR) is 79.1 cm³/mol. The number of carboxylic acids is 1. The van der Waals surface area contributed by atoms with Gasteiger partial charge in [0.1, 0.15) is 0 Å². The summed E-state index contributed by atoms with van der Waals surface area (Å²) in [6.07, 6.45) is 0. The maximum Gasteiger partial charge on any atom is 0.317 e. The van der Waals surface area contributed by atoms with Crippen LogP contribution < -0.4 is 0 Å². The molecule has 0 aromatic heterocycles. The number of piperazine rings is 1. The minimum Gasteiger partial charge on any atom is -0.480 e. The molecule has 1 fully saturated rings. The fourth-order valence-corrected chi connectivity index (χ4v) is 2.69. The fourth-order valence-electron chi connectivity index (χ4n) is 2.13. The summed E-state index contributed by atoms with van der Waals surface area (Å²) in [4.78, 5) is 26.5. The summed E-state index contributed by atoms with van der Waals surface area (Å²) in [6, 6.07) is 5.16. The maximum atomic E-state index is 12.4. The Morgan fingerprint density at radius 1 is 1.25 bits per heavy atom. The van der Waals surface area contributed by atoms with Gasteiger partial charge in [0, 0.05) is 30.7 Å². The molecule has 0 spiro atoms. The molecule has 0 radical (unpaired) electrons. The van der Waals surface area contributed by atoms with E-state index < -0.39 is 5.97 Å². The fraction of sp³-hybridized carbons (Fsp3) is 0.385. The van der Waals surface area contributed by atoms with Gasteiger partial charge in [-0.25, -0.2) is 0 Å². The zero-order chi connectivity index (χ0) is 14.7. The minimum absolute atomic E-state index is 0.0136. The molecule has 1 aromatic carbocycles. The Labute approximate surface area is 130 Å². The molecule has 20 heavy (non-hydrogen) atoms. The predicted octanol–water partition coefficient (Wildman–Crippen LogP) is 1.94. The minimum atomic E-state index is -0.847. The highest BCUT2D eigenvalue weighted by Gasteiger charge is 2.24. The largest absolute Gasteiger partial charge is 0.480 e. The molecule has 5 nitrogen and oxygen atoms in total. The quantitative estimate of drug-likeness (QED) is 0.894. The highest BCUT2D eigenvalue weighted by molar-refractivity contribution is 9.10. The monoisotopic (exact) mass is 360 g/mol. The van der Waals surface area contributed by atoms with Crippen molar-refractivity contribution in [2.45, 2.75) is 0 Å². The first-order valence-corrected chi connectivity index (χ1v) is 7.33. The SMILES string of the molecule is O=C(O)CN1CCN(C(=O)c2cc(Br)ccc2Cl)CC1. The Hall–Kier alpha value is -1.11. The summed E-state index contributed by atoms with van der Waals surface area (Å²) in [7, 11) is 0. The summed E-state index contributed by atoms with van der Waals surface area (Å²) >= 11 is 9.37. The molecule has 0 aliphatic carbocycles. The van der Waals surface area contributed by atoms with Gasteiger partial charge in [-0.05, 0) is 18.2 Å². The number of carbonyl (C=O) groups is 2. The van der Waals surface area contributed by atoms with Crippen molar-refractivity contribution in [3.63, 3.8) is 0 Å². The van der Waals surface area contributed by atoms with Gasteiger partial charge in [-0.2, -0.15) is 0 Å². The van der Waals surface area contributed by atoms with E-state index in [9.17, 15) is 9.59 Å². The van der Waals surface area contributed by atoms with Gasteiger partial charge in [-0.3, -0.25) is 14.5 Å². The van der Waals surface area contributed by atoms with Gasteiger partial charge >= 0.3 is 5.97 Å². The molecule has 108 valence electrons. The van der Waals surface area contributed by atoms with Gasteiger partial charge in [0.25, 0.3) is 5.91 Å². The topological polar surface area (TPSA) is 60.9 Å². The van der Waals surface area contributed by atoms with Gasteiger partial charge < -0.3 is 10.0 Å². The molecule has 0 bridgehead atoms. The number of halogens is 2. The van der Waals surface area contributed by atoms with Crippen LogP contribution >= 0.6 is 27.5 Å². The number of carbonyl (C=O) groups excluding carboxylic acids is 1. The molecular formula is C13H14BrClN2O3. The lowest BCUT2D eigenvalue weighted by Crippen LogP contribution is -2.49. The Morgan fingerprint density at radius 2 is 1.90 bits per heavy atom. The molecule has 1 aliphatic rings. The second-order valence-electron chi connectivity index (χ2n) is 4.59. The first-order valence-electron chi connectivity index (χ1n) is 6.16. The van der Waals surface area contributed by atoms with Crippen LogP contribution in [0.25, 0.3) is 0 Å². The van der Waals surface area contributed by atoms with Crippen molar-refractivity contribution >= 4 is 39.4 Å². The second kappa shape index (κ2) is 6.56. The van der Waals surface area contributed by atoms with E-state index >= 15 is 0 Å². The van der Waals surface area contributed by atoms with Gasteiger partial charge in [-0.15, -0.1) is 0 Å². The molecule has 1 N–H and O–H groups in total. The third-order valence-electron chi connectivity index (χ3n) is 3.18. The summed E-state index contributed by atoms with van der Waals surface area (Å²) in [5, 5.41) is 9.16. The first-order chi connectivity index (χ1) is 9.47. The average molecular weight is 362 g/mol. The molecule has 2 rings (SSSR count). The Bertz CT molecular complexity index is 530. The lowest BCUT2D eigenvalue weighted by molar-refractivity contribution is -0.138. The van der Waals surface area contributed by atoms with E-state index in [4.69, 9.17) is 16.7 Å². The van der Waals surface area contributed by atoms with Crippen molar-refractivity contribution in [2.75, 3.05) is 32.7 Å². The summed E-state index contributed by atoms with van der Waals surface area (Å²) < 4.78 is 0.801. The standard InChI is InChI=1S/C13H14BrClN2O3/c14-9-1-2-11(15)10(7-9)13(20)17-5-3-16(4-6-17)8-12(18)19/h1-2,7H,3-6,8H2,(H,18,19). The van der Waals surface area contributed by atoms with E-state index in [0.29, 0.717) is 36.8 Å². The summed E-state index contributed by atoms with van der Waals surface area (Å²) in [5.41, 5.74) is 0.465. The van der Waals surface area contributed by atoms with E-state index in [1.165, 1.54) is 0 Å². The van der Waals surface area contributed by atoms with Crippen LogP contribution in [0.1, 0.15) is 10.4 Å². The zero-order valence-corrected chi connectivity index (χ0v) is 13.0. The molecule has 7 heteroatoms. The molecule has 1 saturated heterocycles.